The average molecular weight is 369 g/mol. The Labute approximate surface area is 156 Å². The van der Waals surface area contributed by atoms with E-state index < -0.39 is 6.04 Å². The Balaban J connectivity index is 1.45. The average Bonchev–Trinajstić information content (AvgIpc) is 2.96. The summed E-state index contributed by atoms with van der Waals surface area (Å²) in [5.74, 6) is -0.791. The Morgan fingerprint density at radius 1 is 0.963 bits per heavy atom. The first kappa shape index (κ1) is 17.5. The third-order valence-corrected chi connectivity index (χ3v) is 5.16. The van der Waals surface area contributed by atoms with E-state index in [0.29, 0.717) is 37.6 Å². The molecule has 2 saturated heterocycles. The Bertz CT molecular complexity index is 880. The smallest absolute Gasteiger partial charge is 0.251 e. The zero-order valence-electron chi connectivity index (χ0n) is 14.7. The fraction of sp³-hybridized carbons (Fsp3) is 0.300. The second-order valence-corrected chi connectivity index (χ2v) is 6.78. The van der Waals surface area contributed by atoms with Crippen LogP contribution in [0.15, 0.2) is 48.5 Å². The molecule has 27 heavy (non-hydrogen) atoms. The van der Waals surface area contributed by atoms with Gasteiger partial charge in [0, 0.05) is 32.2 Å². The van der Waals surface area contributed by atoms with Crippen molar-refractivity contribution >= 4 is 23.2 Å². The van der Waals surface area contributed by atoms with E-state index in [1.54, 1.807) is 30.3 Å². The molecule has 140 valence electrons. The quantitative estimate of drug-likeness (QED) is 0.839. The molecule has 1 unspecified atom stereocenters. The van der Waals surface area contributed by atoms with Crippen LogP contribution in [0, 0.1) is 5.82 Å². The molecular formula is C20H20FN3O3. The number of imide groups is 1. The van der Waals surface area contributed by atoms with E-state index in [4.69, 9.17) is 0 Å². The fourth-order valence-electron chi connectivity index (χ4n) is 3.79. The minimum atomic E-state index is -0.511. The first-order valence-electron chi connectivity index (χ1n) is 8.94. The molecule has 4 rings (SSSR count). The summed E-state index contributed by atoms with van der Waals surface area (Å²) in [5, 5.41) is 9.62. The second-order valence-electron chi connectivity index (χ2n) is 6.78. The van der Waals surface area contributed by atoms with Crippen LogP contribution in [0.4, 0.5) is 15.8 Å². The molecule has 1 atom stereocenters. The van der Waals surface area contributed by atoms with Crippen molar-refractivity contribution in [2.24, 2.45) is 0 Å². The van der Waals surface area contributed by atoms with Gasteiger partial charge in [-0.25, -0.2) is 9.29 Å². The predicted octanol–water partition coefficient (Wildman–Crippen LogP) is 1.99. The van der Waals surface area contributed by atoms with Crippen molar-refractivity contribution < 1.29 is 19.1 Å². The van der Waals surface area contributed by atoms with Crippen molar-refractivity contribution in [1.29, 1.82) is 0 Å². The molecule has 0 aliphatic carbocycles. The zero-order valence-corrected chi connectivity index (χ0v) is 14.7. The van der Waals surface area contributed by atoms with Gasteiger partial charge in [-0.2, -0.15) is 0 Å². The van der Waals surface area contributed by atoms with E-state index in [-0.39, 0.29) is 29.8 Å². The lowest BCUT2D eigenvalue weighted by atomic mass is 10.1. The van der Waals surface area contributed by atoms with E-state index in [1.807, 2.05) is 9.80 Å². The molecule has 7 heteroatoms. The Hall–Kier alpha value is -2.93. The van der Waals surface area contributed by atoms with Gasteiger partial charge in [0.25, 0.3) is 5.91 Å². The maximum absolute atomic E-state index is 14.0. The van der Waals surface area contributed by atoms with Gasteiger partial charge in [0.2, 0.25) is 5.91 Å². The number of benzene rings is 2. The number of rotatable bonds is 3. The largest absolute Gasteiger partial charge is 0.508 e. The number of amides is 2. The standard InChI is InChI=1S/C20H20FN3O3/c21-16-6-1-2-7-17(16)22-8-10-23(11-9-22)18-13-19(26)24(20(18)27)14-4-3-5-15(25)12-14/h1-7,12,18,25H,8-11,13H2. The van der Waals surface area contributed by atoms with Gasteiger partial charge in [-0.3, -0.25) is 14.5 Å². The Morgan fingerprint density at radius 2 is 1.70 bits per heavy atom. The lowest BCUT2D eigenvalue weighted by Gasteiger charge is -2.38. The fourth-order valence-corrected chi connectivity index (χ4v) is 3.79. The van der Waals surface area contributed by atoms with Gasteiger partial charge in [-0.1, -0.05) is 18.2 Å². The van der Waals surface area contributed by atoms with E-state index in [1.165, 1.54) is 18.2 Å². The number of phenols is 1. The first-order chi connectivity index (χ1) is 13.0. The molecule has 0 radical (unpaired) electrons. The summed E-state index contributed by atoms with van der Waals surface area (Å²) in [6, 6.07) is 12.3. The van der Waals surface area contributed by atoms with Crippen molar-refractivity contribution in [2.45, 2.75) is 12.5 Å². The maximum atomic E-state index is 14.0. The highest BCUT2D eigenvalue weighted by atomic mass is 19.1. The number of nitrogens with zero attached hydrogens (tertiary/aromatic N) is 3. The minimum Gasteiger partial charge on any atom is -0.508 e. The van der Waals surface area contributed by atoms with Crippen molar-refractivity contribution in [2.75, 3.05) is 36.0 Å². The van der Waals surface area contributed by atoms with Crippen LogP contribution >= 0.6 is 0 Å². The number of hydrogen-bond acceptors (Lipinski definition) is 5. The Morgan fingerprint density at radius 3 is 2.41 bits per heavy atom. The number of aromatic hydroxyl groups is 1. The molecule has 2 aliphatic heterocycles. The second kappa shape index (κ2) is 7.00. The van der Waals surface area contributed by atoms with E-state index in [9.17, 15) is 19.1 Å². The molecule has 0 aromatic heterocycles. The van der Waals surface area contributed by atoms with Crippen LogP contribution in [0.3, 0.4) is 0 Å². The monoisotopic (exact) mass is 369 g/mol. The van der Waals surface area contributed by atoms with Crippen LogP contribution in [-0.4, -0.2) is 54.0 Å². The number of hydrogen-bond donors (Lipinski definition) is 1. The van der Waals surface area contributed by atoms with Crippen molar-refractivity contribution in [3.05, 3.63) is 54.3 Å². The summed E-state index contributed by atoms with van der Waals surface area (Å²) in [4.78, 5) is 30.3. The highest BCUT2D eigenvalue weighted by Gasteiger charge is 2.43. The first-order valence-corrected chi connectivity index (χ1v) is 8.94. The molecule has 2 fully saturated rings. The van der Waals surface area contributed by atoms with E-state index >= 15 is 0 Å². The molecule has 6 nitrogen and oxygen atoms in total. The lowest BCUT2D eigenvalue weighted by Crippen LogP contribution is -2.52. The van der Waals surface area contributed by atoms with Gasteiger partial charge in [-0.15, -0.1) is 0 Å². The van der Waals surface area contributed by atoms with Crippen LogP contribution < -0.4 is 9.80 Å². The van der Waals surface area contributed by atoms with Crippen molar-refractivity contribution in [1.82, 2.24) is 4.90 Å². The number of carbonyl (C=O) groups is 2. The van der Waals surface area contributed by atoms with Gasteiger partial charge in [-0.05, 0) is 24.3 Å². The Kier molecular flexibility index (Phi) is 4.53. The van der Waals surface area contributed by atoms with Gasteiger partial charge in [0.1, 0.15) is 11.6 Å². The summed E-state index contributed by atoms with van der Waals surface area (Å²) in [6.45, 7) is 2.33. The highest BCUT2D eigenvalue weighted by molar-refractivity contribution is 6.22. The molecule has 2 heterocycles. The molecule has 1 N–H and O–H groups in total. The molecular weight excluding hydrogens is 349 g/mol. The third kappa shape index (κ3) is 3.26. The highest BCUT2D eigenvalue weighted by Crippen LogP contribution is 2.29. The van der Waals surface area contributed by atoms with Crippen molar-refractivity contribution in [3.8, 4) is 5.75 Å². The molecule has 0 saturated carbocycles. The normalized spacial score (nSPS) is 21.1. The zero-order chi connectivity index (χ0) is 19.0. The number of para-hydroxylation sites is 1. The van der Waals surface area contributed by atoms with E-state index in [2.05, 4.69) is 0 Å². The van der Waals surface area contributed by atoms with Crippen LogP contribution in [-0.2, 0) is 9.59 Å². The van der Waals surface area contributed by atoms with Crippen LogP contribution in [0.1, 0.15) is 6.42 Å². The number of carbonyl (C=O) groups excluding carboxylic acids is 2. The molecule has 0 bridgehead atoms. The number of halogens is 1. The number of anilines is 2. The number of piperazine rings is 1. The van der Waals surface area contributed by atoms with Crippen LogP contribution in [0.2, 0.25) is 0 Å². The van der Waals surface area contributed by atoms with Gasteiger partial charge in [0.05, 0.1) is 23.8 Å². The molecule has 2 aromatic carbocycles. The van der Waals surface area contributed by atoms with Crippen LogP contribution in [0.5, 0.6) is 5.75 Å². The van der Waals surface area contributed by atoms with Crippen molar-refractivity contribution in [3.63, 3.8) is 0 Å². The van der Waals surface area contributed by atoms with Crippen LogP contribution in [0.25, 0.3) is 0 Å². The molecule has 0 spiro atoms. The summed E-state index contributed by atoms with van der Waals surface area (Å²) < 4.78 is 14.0. The summed E-state index contributed by atoms with van der Waals surface area (Å²) in [5.41, 5.74) is 0.949. The number of phenolic OH excluding ortho intramolecular Hbond substituents is 1. The summed E-state index contributed by atoms with van der Waals surface area (Å²) >= 11 is 0. The molecule has 2 aromatic rings. The summed E-state index contributed by atoms with van der Waals surface area (Å²) in [7, 11) is 0. The predicted molar refractivity (Wildman–Crippen MR) is 99.2 cm³/mol. The maximum Gasteiger partial charge on any atom is 0.251 e. The van der Waals surface area contributed by atoms with Gasteiger partial charge in [0.15, 0.2) is 0 Å². The molecule has 2 amide bonds. The summed E-state index contributed by atoms with van der Waals surface area (Å²) in [6.07, 6.45) is 0.119. The molecule has 2 aliphatic rings. The minimum absolute atomic E-state index is 0.00931. The van der Waals surface area contributed by atoms with Gasteiger partial charge >= 0.3 is 0 Å². The van der Waals surface area contributed by atoms with Gasteiger partial charge < -0.3 is 10.0 Å². The van der Waals surface area contributed by atoms with E-state index in [0.717, 1.165) is 4.90 Å². The SMILES string of the molecule is O=C1CC(N2CCN(c3ccccc3F)CC2)C(=O)N1c1cccc(O)c1. The topological polar surface area (TPSA) is 64.1 Å². The lowest BCUT2D eigenvalue weighted by molar-refractivity contribution is -0.123. The third-order valence-electron chi connectivity index (χ3n) is 5.16.